The first-order valence-corrected chi connectivity index (χ1v) is 4.57. The van der Waals surface area contributed by atoms with E-state index in [1.807, 2.05) is 0 Å². The van der Waals surface area contributed by atoms with Gasteiger partial charge in [-0.15, -0.1) is 0 Å². The molecule has 1 nitrogen and oxygen atoms in total. The van der Waals surface area contributed by atoms with Crippen LogP contribution in [0.25, 0.3) is 0 Å². The van der Waals surface area contributed by atoms with Gasteiger partial charge in [-0.1, -0.05) is 13.8 Å². The largest absolute Gasteiger partial charge is 0.294 e. The van der Waals surface area contributed by atoms with Crippen LogP contribution in [-0.4, -0.2) is 17.0 Å². The second-order valence-corrected chi connectivity index (χ2v) is 4.03. The Bertz CT molecular complexity index is 87.0. The molecule has 0 N–H and O–H groups in total. The summed E-state index contributed by atoms with van der Waals surface area (Å²) in [4.78, 5) is 2.41. The van der Waals surface area contributed by atoms with Crippen molar-refractivity contribution < 1.29 is 0 Å². The molecule has 0 saturated carbocycles. The Kier molecular flexibility index (Phi) is 4.74. The second-order valence-electron chi connectivity index (χ2n) is 4.03. The van der Waals surface area contributed by atoms with Crippen molar-refractivity contribution in [2.45, 2.75) is 53.6 Å². The fourth-order valence-corrected chi connectivity index (χ4v) is 1.28. The van der Waals surface area contributed by atoms with Crippen LogP contribution in [0.15, 0.2) is 0 Å². The van der Waals surface area contributed by atoms with Gasteiger partial charge in [0.15, 0.2) is 0 Å². The lowest BCUT2D eigenvalue weighted by Gasteiger charge is -2.31. The van der Waals surface area contributed by atoms with Gasteiger partial charge >= 0.3 is 0 Å². The lowest BCUT2D eigenvalue weighted by Crippen LogP contribution is -2.35. The van der Waals surface area contributed by atoms with Gasteiger partial charge in [0.05, 0.1) is 0 Å². The number of hydrogen-bond donors (Lipinski definition) is 0. The molecule has 0 spiro atoms. The van der Waals surface area contributed by atoms with E-state index < -0.39 is 0 Å². The van der Waals surface area contributed by atoms with Crippen LogP contribution in [0.2, 0.25) is 0 Å². The molecule has 0 bridgehead atoms. The van der Waals surface area contributed by atoms with E-state index >= 15 is 0 Å². The molecule has 0 heterocycles. The average Bonchev–Trinajstić information content (AvgIpc) is 1.81. The van der Waals surface area contributed by atoms with Gasteiger partial charge in [0.2, 0.25) is 0 Å². The molecular formula is C10H22N. The van der Waals surface area contributed by atoms with Crippen molar-refractivity contribution in [1.29, 1.82) is 0 Å². The summed E-state index contributed by atoms with van der Waals surface area (Å²) in [5.41, 5.74) is 0. The van der Waals surface area contributed by atoms with Crippen molar-refractivity contribution in [3.05, 3.63) is 6.54 Å². The van der Waals surface area contributed by atoms with Crippen LogP contribution in [-0.2, 0) is 0 Å². The van der Waals surface area contributed by atoms with Crippen LogP contribution < -0.4 is 0 Å². The average molecular weight is 156 g/mol. The van der Waals surface area contributed by atoms with Gasteiger partial charge in [-0.2, -0.15) is 0 Å². The Balaban J connectivity index is 3.90. The van der Waals surface area contributed by atoms with Crippen LogP contribution >= 0.6 is 0 Å². The molecule has 1 heteroatoms. The summed E-state index contributed by atoms with van der Waals surface area (Å²) >= 11 is 0. The summed E-state index contributed by atoms with van der Waals surface area (Å²) < 4.78 is 0. The van der Waals surface area contributed by atoms with E-state index in [0.29, 0.717) is 18.0 Å². The van der Waals surface area contributed by atoms with Crippen LogP contribution in [0.5, 0.6) is 0 Å². The third-order valence-electron chi connectivity index (χ3n) is 1.66. The van der Waals surface area contributed by atoms with Crippen LogP contribution in [0, 0.1) is 12.5 Å². The Hall–Kier alpha value is -0.0400. The van der Waals surface area contributed by atoms with E-state index in [-0.39, 0.29) is 0 Å². The third-order valence-corrected chi connectivity index (χ3v) is 1.66. The zero-order valence-electron chi connectivity index (χ0n) is 8.76. The van der Waals surface area contributed by atoms with Crippen molar-refractivity contribution in [2.24, 2.45) is 5.92 Å². The normalized spacial score (nSPS) is 12.5. The van der Waals surface area contributed by atoms with E-state index in [9.17, 15) is 0 Å². The van der Waals surface area contributed by atoms with Crippen molar-refractivity contribution in [1.82, 2.24) is 4.90 Å². The Morgan fingerprint density at radius 1 is 0.818 bits per heavy atom. The number of nitrogens with zero attached hydrogens (tertiary/aromatic N) is 1. The first kappa shape index (κ1) is 11.0. The minimum atomic E-state index is 0.623. The molecule has 0 saturated heterocycles. The van der Waals surface area contributed by atoms with E-state index in [2.05, 4.69) is 53.0 Å². The van der Waals surface area contributed by atoms with Crippen LogP contribution in [0.3, 0.4) is 0 Å². The zero-order chi connectivity index (χ0) is 9.02. The third kappa shape index (κ3) is 4.41. The summed E-state index contributed by atoms with van der Waals surface area (Å²) in [6.45, 7) is 15.7. The first-order chi connectivity index (χ1) is 4.95. The van der Waals surface area contributed by atoms with Gasteiger partial charge in [0.1, 0.15) is 0 Å². The number of hydrogen-bond acceptors (Lipinski definition) is 1. The molecule has 67 valence electrons. The minimum Gasteiger partial charge on any atom is -0.294 e. The van der Waals surface area contributed by atoms with Crippen LogP contribution in [0.4, 0.5) is 0 Å². The van der Waals surface area contributed by atoms with E-state index in [1.165, 1.54) is 0 Å². The summed E-state index contributed by atoms with van der Waals surface area (Å²) in [6, 6.07) is 1.25. The predicted octanol–water partition coefficient (Wildman–Crippen LogP) is 2.92. The van der Waals surface area contributed by atoms with E-state index in [0.717, 1.165) is 0 Å². The summed E-state index contributed by atoms with van der Waals surface area (Å²) in [7, 11) is 0. The summed E-state index contributed by atoms with van der Waals surface area (Å²) in [6.07, 6.45) is 0. The molecule has 0 aromatic rings. The maximum Gasteiger partial charge on any atom is 0.0282 e. The molecule has 0 aliphatic rings. The van der Waals surface area contributed by atoms with Gasteiger partial charge < -0.3 is 0 Å². The summed E-state index contributed by atoms with van der Waals surface area (Å²) in [5, 5.41) is 0. The molecule has 0 aromatic carbocycles. The molecule has 0 aromatic heterocycles. The molecule has 0 atom stereocenters. The highest BCUT2D eigenvalue weighted by atomic mass is 15.2. The number of rotatable bonds is 4. The maximum absolute atomic E-state index is 2.41. The Morgan fingerprint density at radius 3 is 1.27 bits per heavy atom. The standard InChI is InChI=1S/C10H22N/c1-8(2)7-11(9(3)4)10(5)6/h7-10H,1-6H3. The van der Waals surface area contributed by atoms with Crippen LogP contribution in [0.1, 0.15) is 41.5 Å². The Labute approximate surface area is 71.8 Å². The monoisotopic (exact) mass is 156 g/mol. The van der Waals surface area contributed by atoms with Gasteiger partial charge in [0.25, 0.3) is 0 Å². The van der Waals surface area contributed by atoms with Crippen molar-refractivity contribution in [2.75, 3.05) is 0 Å². The van der Waals surface area contributed by atoms with Crippen molar-refractivity contribution in [3.8, 4) is 0 Å². The molecule has 0 aliphatic heterocycles. The molecule has 0 fully saturated rings. The molecule has 0 amide bonds. The molecule has 11 heavy (non-hydrogen) atoms. The molecular weight excluding hydrogens is 134 g/mol. The van der Waals surface area contributed by atoms with Gasteiger partial charge in [0, 0.05) is 18.6 Å². The Morgan fingerprint density at radius 2 is 1.18 bits per heavy atom. The fourth-order valence-electron chi connectivity index (χ4n) is 1.28. The highest BCUT2D eigenvalue weighted by Gasteiger charge is 2.14. The maximum atomic E-state index is 2.41. The molecule has 1 radical (unpaired) electrons. The zero-order valence-corrected chi connectivity index (χ0v) is 8.76. The topological polar surface area (TPSA) is 3.24 Å². The lowest BCUT2D eigenvalue weighted by molar-refractivity contribution is 0.203. The van der Waals surface area contributed by atoms with Gasteiger partial charge in [-0.05, 0) is 33.6 Å². The first-order valence-electron chi connectivity index (χ1n) is 4.57. The second kappa shape index (κ2) is 4.76. The quantitative estimate of drug-likeness (QED) is 0.605. The minimum absolute atomic E-state index is 0.623. The fraction of sp³-hybridized carbons (Fsp3) is 0.900. The smallest absolute Gasteiger partial charge is 0.0282 e. The van der Waals surface area contributed by atoms with Crippen molar-refractivity contribution in [3.63, 3.8) is 0 Å². The van der Waals surface area contributed by atoms with Crippen molar-refractivity contribution >= 4 is 0 Å². The van der Waals surface area contributed by atoms with Gasteiger partial charge in [-0.25, -0.2) is 0 Å². The highest BCUT2D eigenvalue weighted by molar-refractivity contribution is 4.77. The molecule has 0 unspecified atom stereocenters. The van der Waals surface area contributed by atoms with E-state index in [4.69, 9.17) is 0 Å². The predicted molar refractivity (Wildman–Crippen MR) is 51.2 cm³/mol. The lowest BCUT2D eigenvalue weighted by atomic mass is 10.1. The molecule has 0 rings (SSSR count). The summed E-state index contributed by atoms with van der Waals surface area (Å²) in [5.74, 6) is 0.653. The highest BCUT2D eigenvalue weighted by Crippen LogP contribution is 2.12. The van der Waals surface area contributed by atoms with E-state index in [1.54, 1.807) is 0 Å². The molecule has 0 aliphatic carbocycles. The SMILES string of the molecule is CC(C)[CH]N(C(C)C)C(C)C. The van der Waals surface area contributed by atoms with Gasteiger partial charge in [-0.3, -0.25) is 4.90 Å².